The number of urea groups is 1. The second-order valence-electron chi connectivity index (χ2n) is 11.3. The molecule has 1 aromatic rings. The fourth-order valence-corrected chi connectivity index (χ4v) is 4.62. The molecule has 0 radical (unpaired) electrons. The Balaban J connectivity index is 1.88. The molecule has 0 aliphatic carbocycles. The monoisotopic (exact) mass is 618 g/mol. The minimum absolute atomic E-state index is 0.0853. The van der Waals surface area contributed by atoms with E-state index < -0.39 is 65.3 Å². The van der Waals surface area contributed by atoms with E-state index in [4.69, 9.17) is 10.5 Å². The third-order valence-electron chi connectivity index (χ3n) is 7.32. The van der Waals surface area contributed by atoms with E-state index >= 15 is 0 Å². The maximum absolute atomic E-state index is 13.2. The van der Waals surface area contributed by atoms with Crippen molar-refractivity contribution in [3.8, 4) is 0 Å². The second kappa shape index (κ2) is 16.7. The number of unbranched alkanes of at least 4 members (excludes halogenated alkanes) is 1. The zero-order valence-electron chi connectivity index (χ0n) is 26.1. The van der Waals surface area contributed by atoms with Crippen molar-refractivity contribution < 1.29 is 38.6 Å². The first kappa shape index (κ1) is 36.2. The summed E-state index contributed by atoms with van der Waals surface area (Å²) in [7, 11) is 0. The molecule has 1 fully saturated rings. The Kier molecular flexibility index (Phi) is 13.7. The first-order chi connectivity index (χ1) is 20.7. The molecule has 1 saturated heterocycles. The first-order valence-corrected chi connectivity index (χ1v) is 14.9. The van der Waals surface area contributed by atoms with E-state index in [-0.39, 0.29) is 26.0 Å². The van der Waals surface area contributed by atoms with Gasteiger partial charge in [0.25, 0.3) is 5.91 Å². The van der Waals surface area contributed by atoms with Crippen molar-refractivity contribution in [2.75, 3.05) is 13.1 Å². The largest absolute Gasteiger partial charge is 0.458 e. The van der Waals surface area contributed by atoms with Gasteiger partial charge in [0.1, 0.15) is 18.7 Å². The number of nitrogens with two attached hydrogens (primary N) is 1. The number of ether oxygens (including phenoxy) is 1. The van der Waals surface area contributed by atoms with Crippen LogP contribution in [0.15, 0.2) is 30.3 Å². The predicted octanol–water partition coefficient (Wildman–Crippen LogP) is 0.514. The number of aliphatic hydroxyl groups is 1. The van der Waals surface area contributed by atoms with E-state index in [0.29, 0.717) is 31.4 Å². The highest BCUT2D eigenvalue weighted by Crippen LogP contribution is 2.20. The number of nitrogens with one attached hydrogen (secondary N) is 3. The Morgan fingerprint density at radius 3 is 2.34 bits per heavy atom. The molecule has 14 heteroatoms. The van der Waals surface area contributed by atoms with Gasteiger partial charge >= 0.3 is 12.0 Å². The standard InChI is InChI=1S/C30H46N6O8/c1-19(2)36(34-26(39)24-14-11-17-35(24)27(40)21(4)33-25(38)20(3)31)29(42)32-16-10-9-15-30(43,22(5)37)28(41)44-18-23-12-7-6-8-13-23/h6-8,12-13,19-21,24,43H,9-11,14-18,31H2,1-5H3,(H,32,42)(H,33,38)(H,34,39)/t20-,21-,24-,30?/m0/s1. The highest BCUT2D eigenvalue weighted by molar-refractivity contribution is 6.05. The average Bonchev–Trinajstić information content (AvgIpc) is 3.48. The Morgan fingerprint density at radius 1 is 1.09 bits per heavy atom. The van der Waals surface area contributed by atoms with Crippen LogP contribution in [0.4, 0.5) is 4.79 Å². The highest BCUT2D eigenvalue weighted by Gasteiger charge is 2.42. The summed E-state index contributed by atoms with van der Waals surface area (Å²) < 4.78 is 5.17. The zero-order chi connectivity index (χ0) is 33.0. The Hall–Kier alpha value is -4.04. The summed E-state index contributed by atoms with van der Waals surface area (Å²) in [6.45, 7) is 7.93. The Bertz CT molecular complexity index is 1180. The number of nitrogens with zero attached hydrogens (tertiary/aromatic N) is 2. The number of esters is 1. The molecule has 0 saturated carbocycles. The third kappa shape index (κ3) is 10.0. The highest BCUT2D eigenvalue weighted by atomic mass is 16.6. The molecule has 1 aromatic carbocycles. The molecule has 0 bridgehead atoms. The molecule has 1 unspecified atom stereocenters. The lowest BCUT2D eigenvalue weighted by atomic mass is 9.92. The van der Waals surface area contributed by atoms with Crippen molar-refractivity contribution in [1.82, 2.24) is 26.0 Å². The lowest BCUT2D eigenvalue weighted by Crippen LogP contribution is -2.59. The fourth-order valence-electron chi connectivity index (χ4n) is 4.62. The van der Waals surface area contributed by atoms with Crippen molar-refractivity contribution in [3.63, 3.8) is 0 Å². The van der Waals surface area contributed by atoms with E-state index in [1.54, 1.807) is 38.1 Å². The molecule has 6 N–H and O–H groups in total. The molecule has 4 atom stereocenters. The number of ketones is 1. The van der Waals surface area contributed by atoms with E-state index in [1.165, 1.54) is 18.7 Å². The van der Waals surface area contributed by atoms with Crippen molar-refractivity contribution in [3.05, 3.63) is 35.9 Å². The third-order valence-corrected chi connectivity index (χ3v) is 7.32. The number of carbonyl (C=O) groups is 6. The summed E-state index contributed by atoms with van der Waals surface area (Å²) in [6, 6.07) is 5.35. The van der Waals surface area contributed by atoms with Crippen molar-refractivity contribution in [2.45, 2.75) is 103 Å². The molecule has 0 aromatic heterocycles. The summed E-state index contributed by atoms with van der Waals surface area (Å²) in [4.78, 5) is 77.0. The van der Waals surface area contributed by atoms with Gasteiger partial charge in [0.2, 0.25) is 17.4 Å². The Labute approximate surface area is 258 Å². The number of hydrazine groups is 1. The van der Waals surface area contributed by atoms with Gasteiger partial charge < -0.3 is 31.1 Å². The van der Waals surface area contributed by atoms with Crippen LogP contribution in [0.25, 0.3) is 0 Å². The lowest BCUT2D eigenvalue weighted by molar-refractivity contribution is -0.172. The van der Waals surface area contributed by atoms with Gasteiger partial charge in [-0.3, -0.25) is 24.6 Å². The van der Waals surface area contributed by atoms with Crippen LogP contribution < -0.4 is 21.8 Å². The van der Waals surface area contributed by atoms with Gasteiger partial charge in [-0.1, -0.05) is 30.3 Å². The number of hydrogen-bond donors (Lipinski definition) is 5. The minimum atomic E-state index is -2.30. The summed E-state index contributed by atoms with van der Waals surface area (Å²) in [5, 5.41) is 17.1. The van der Waals surface area contributed by atoms with Crippen LogP contribution in [0.1, 0.15) is 72.3 Å². The van der Waals surface area contributed by atoms with E-state index in [0.717, 1.165) is 11.9 Å². The smallest absolute Gasteiger partial charge is 0.346 e. The van der Waals surface area contributed by atoms with Crippen LogP contribution in [0.2, 0.25) is 0 Å². The predicted molar refractivity (Wildman–Crippen MR) is 160 cm³/mol. The van der Waals surface area contributed by atoms with Crippen molar-refractivity contribution >= 4 is 35.5 Å². The Morgan fingerprint density at radius 2 is 1.75 bits per heavy atom. The molecule has 14 nitrogen and oxygen atoms in total. The zero-order valence-corrected chi connectivity index (χ0v) is 26.1. The molecular formula is C30H46N6O8. The molecule has 1 aliphatic heterocycles. The molecule has 244 valence electrons. The normalized spacial score (nSPS) is 17.2. The summed E-state index contributed by atoms with van der Waals surface area (Å²) in [5.41, 5.74) is 6.57. The molecule has 1 aliphatic rings. The van der Waals surface area contributed by atoms with Gasteiger partial charge in [0, 0.05) is 19.1 Å². The van der Waals surface area contributed by atoms with E-state index in [9.17, 15) is 33.9 Å². The second-order valence-corrected chi connectivity index (χ2v) is 11.3. The first-order valence-electron chi connectivity index (χ1n) is 14.9. The fraction of sp³-hybridized carbons (Fsp3) is 0.600. The van der Waals surface area contributed by atoms with Crippen LogP contribution in [-0.2, 0) is 35.3 Å². The summed E-state index contributed by atoms with van der Waals surface area (Å²) >= 11 is 0. The van der Waals surface area contributed by atoms with Crippen LogP contribution in [0, 0.1) is 0 Å². The van der Waals surface area contributed by atoms with Crippen LogP contribution in [0.3, 0.4) is 0 Å². The van der Waals surface area contributed by atoms with Gasteiger partial charge in [-0.15, -0.1) is 0 Å². The minimum Gasteiger partial charge on any atom is -0.458 e. The van der Waals surface area contributed by atoms with Crippen molar-refractivity contribution in [1.29, 1.82) is 0 Å². The molecule has 0 spiro atoms. The molecular weight excluding hydrogens is 572 g/mol. The maximum Gasteiger partial charge on any atom is 0.346 e. The number of Topliss-reactive ketones (excluding diaryl/α,β-unsaturated/α-hetero) is 1. The lowest BCUT2D eigenvalue weighted by Gasteiger charge is -2.32. The summed E-state index contributed by atoms with van der Waals surface area (Å²) in [5.74, 6) is -3.21. The molecule has 2 rings (SSSR count). The number of benzene rings is 1. The topological polar surface area (TPSA) is 200 Å². The number of carbonyl (C=O) groups excluding carboxylic acids is 6. The van der Waals surface area contributed by atoms with E-state index in [1.807, 2.05) is 6.07 Å². The van der Waals surface area contributed by atoms with Gasteiger partial charge in [-0.05, 0) is 72.3 Å². The molecule has 1 heterocycles. The van der Waals surface area contributed by atoms with Crippen molar-refractivity contribution in [2.24, 2.45) is 5.73 Å². The average molecular weight is 619 g/mol. The van der Waals surface area contributed by atoms with Crippen LogP contribution in [0.5, 0.6) is 0 Å². The van der Waals surface area contributed by atoms with Gasteiger partial charge in [-0.2, -0.15) is 0 Å². The number of rotatable bonds is 14. The molecule has 5 amide bonds. The van der Waals surface area contributed by atoms with Crippen LogP contribution >= 0.6 is 0 Å². The van der Waals surface area contributed by atoms with Gasteiger partial charge in [-0.25, -0.2) is 14.6 Å². The molecule has 44 heavy (non-hydrogen) atoms. The number of amides is 5. The summed E-state index contributed by atoms with van der Waals surface area (Å²) in [6.07, 6.45) is 1.33. The number of hydrogen-bond acceptors (Lipinski definition) is 9. The van der Waals surface area contributed by atoms with E-state index in [2.05, 4.69) is 16.1 Å². The quantitative estimate of drug-likeness (QED) is 0.0853. The number of likely N-dealkylation sites (tertiary alicyclic amines) is 1. The van der Waals surface area contributed by atoms with Crippen LogP contribution in [-0.4, -0.2) is 93.4 Å². The van der Waals surface area contributed by atoms with Gasteiger partial charge in [0.15, 0.2) is 5.78 Å². The maximum atomic E-state index is 13.2. The van der Waals surface area contributed by atoms with Gasteiger partial charge in [0.05, 0.1) is 6.04 Å². The SMILES string of the molecule is CC(=O)C(O)(CCCCNC(=O)N(NC(=O)[C@@H]1CCCN1C(=O)[C@H](C)NC(=O)[C@H](C)N)C(C)C)C(=O)OCc1ccccc1.